The van der Waals surface area contributed by atoms with Crippen LogP contribution in [0.2, 0.25) is 0 Å². The van der Waals surface area contributed by atoms with E-state index in [1.54, 1.807) is 24.3 Å². The van der Waals surface area contributed by atoms with E-state index in [-0.39, 0.29) is 57.9 Å². The standard InChI is InChI=1S/C49H52N6O8S/c56-43-25-26-44(57)52-42(31-38-13-8-28-64-38)49(63)55-41(30-33-15-20-36(21-16-33)35-11-5-2-6-12-35)48(62)53-39(24-19-32-9-3-1-4-10-32)47(61)54-40(46(60)50-27-7-14-45(58)59)29-34-17-22-37(51-43)23-18-34/h1-6,8-13,15-18,20-23,28,39-42H,7,14,19,24-27,29-31H2,(H,50,60)(H,51,56)(H,52,57)(H,53,62)(H,54,61)(H,55,63)(H,58,59)/t39-,40+,41+,42-/m1/s1. The first kappa shape index (κ1) is 46.4. The molecule has 0 radical (unpaired) electrons. The Labute approximate surface area is 375 Å². The van der Waals surface area contributed by atoms with E-state index in [1.165, 1.54) is 11.3 Å². The fourth-order valence-electron chi connectivity index (χ4n) is 7.25. The molecule has 4 aromatic carbocycles. The molecule has 2 aliphatic heterocycles. The number of fused-ring (bicyclic) bond motifs is 18. The van der Waals surface area contributed by atoms with E-state index < -0.39 is 65.6 Å². The lowest BCUT2D eigenvalue weighted by molar-refractivity contribution is -0.137. The Morgan fingerprint density at radius 2 is 1.25 bits per heavy atom. The topological polar surface area (TPSA) is 212 Å². The summed E-state index contributed by atoms with van der Waals surface area (Å²) >= 11 is 1.40. The number of carboxylic acid groups (broad SMARTS) is 1. The predicted octanol–water partition coefficient (Wildman–Crippen LogP) is 4.73. The van der Waals surface area contributed by atoms with Crippen molar-refractivity contribution in [3.05, 3.63) is 148 Å². The number of carboxylic acids is 1. The maximum Gasteiger partial charge on any atom is 0.303 e. The van der Waals surface area contributed by atoms with Crippen LogP contribution in [0, 0.1) is 0 Å². The lowest BCUT2D eigenvalue weighted by atomic mass is 9.99. The van der Waals surface area contributed by atoms with Crippen molar-refractivity contribution in [2.45, 2.75) is 82.0 Å². The van der Waals surface area contributed by atoms with Crippen LogP contribution < -0.4 is 31.9 Å². The van der Waals surface area contributed by atoms with Crippen LogP contribution in [0.5, 0.6) is 0 Å². The number of aryl methyl sites for hydroxylation is 1. The highest BCUT2D eigenvalue weighted by Gasteiger charge is 2.32. The van der Waals surface area contributed by atoms with Crippen LogP contribution in [0.1, 0.15) is 53.7 Å². The molecule has 0 unspecified atom stereocenters. The zero-order valence-electron chi connectivity index (χ0n) is 35.2. The third kappa shape index (κ3) is 14.5. The highest BCUT2D eigenvalue weighted by molar-refractivity contribution is 7.09. The molecule has 0 aliphatic carbocycles. The Balaban J connectivity index is 1.34. The molecule has 0 spiro atoms. The van der Waals surface area contributed by atoms with Crippen molar-refractivity contribution in [1.29, 1.82) is 0 Å². The number of amides is 6. The Bertz CT molecular complexity index is 2360. The minimum atomic E-state index is -1.23. The fourth-order valence-corrected chi connectivity index (χ4v) is 8.00. The Morgan fingerprint density at radius 1 is 0.625 bits per heavy atom. The molecule has 4 atom stereocenters. The second-order valence-electron chi connectivity index (χ2n) is 15.6. The maximum absolute atomic E-state index is 14.6. The van der Waals surface area contributed by atoms with E-state index in [1.807, 2.05) is 102 Å². The number of benzene rings is 4. The fraction of sp³-hybridized carbons (Fsp3) is 0.286. The summed E-state index contributed by atoms with van der Waals surface area (Å²) in [5, 5.41) is 27.9. The Kier molecular flexibility index (Phi) is 16.9. The van der Waals surface area contributed by atoms with Gasteiger partial charge in [0.25, 0.3) is 0 Å². The quantitative estimate of drug-likeness (QED) is 0.0648. The molecule has 2 aliphatic rings. The van der Waals surface area contributed by atoms with Crippen molar-refractivity contribution in [2.24, 2.45) is 0 Å². The van der Waals surface area contributed by atoms with Gasteiger partial charge in [0.1, 0.15) is 24.2 Å². The molecule has 14 nitrogen and oxygen atoms in total. The number of aliphatic carboxylic acids is 1. The summed E-state index contributed by atoms with van der Waals surface area (Å²) in [5.74, 6) is -4.48. The van der Waals surface area contributed by atoms with Crippen molar-refractivity contribution >= 4 is 58.4 Å². The molecule has 5 aromatic rings. The average molecular weight is 885 g/mol. The summed E-state index contributed by atoms with van der Waals surface area (Å²) in [6.45, 7) is 0.0508. The van der Waals surface area contributed by atoms with Gasteiger partial charge in [-0.25, -0.2) is 0 Å². The first-order chi connectivity index (χ1) is 31.0. The molecular weight excluding hydrogens is 833 g/mol. The molecule has 0 fully saturated rings. The van der Waals surface area contributed by atoms with Crippen LogP contribution in [0.25, 0.3) is 11.1 Å². The zero-order chi connectivity index (χ0) is 45.3. The second-order valence-corrected chi connectivity index (χ2v) is 16.6. The molecule has 7 rings (SSSR count). The van der Waals surface area contributed by atoms with Crippen LogP contribution in [0.3, 0.4) is 0 Å². The molecule has 0 saturated carbocycles. The minimum absolute atomic E-state index is 0.0214. The van der Waals surface area contributed by atoms with Crippen molar-refractivity contribution in [3.63, 3.8) is 0 Å². The summed E-state index contributed by atoms with van der Waals surface area (Å²) < 4.78 is 0. The van der Waals surface area contributed by atoms with E-state index in [9.17, 15) is 33.6 Å². The lowest BCUT2D eigenvalue weighted by Crippen LogP contribution is -2.59. The molecule has 7 N–H and O–H groups in total. The number of thiophene rings is 1. The first-order valence-corrected chi connectivity index (χ1v) is 22.2. The Morgan fingerprint density at radius 3 is 1.92 bits per heavy atom. The number of hydrogen-bond donors (Lipinski definition) is 7. The average Bonchev–Trinajstić information content (AvgIpc) is 3.82. The number of hydrogen-bond acceptors (Lipinski definition) is 8. The van der Waals surface area contributed by atoms with Gasteiger partial charge in [0, 0.05) is 55.6 Å². The van der Waals surface area contributed by atoms with Crippen molar-refractivity contribution in [2.75, 3.05) is 11.9 Å². The molecule has 332 valence electrons. The largest absolute Gasteiger partial charge is 0.481 e. The van der Waals surface area contributed by atoms with Crippen molar-refractivity contribution < 1.29 is 38.7 Å². The normalized spacial score (nSPS) is 18.9. The molecule has 15 heteroatoms. The summed E-state index contributed by atoms with van der Waals surface area (Å²) in [6.07, 6.45) is 0.300. The van der Waals surface area contributed by atoms with Crippen molar-refractivity contribution in [1.82, 2.24) is 26.6 Å². The summed E-state index contributed by atoms with van der Waals surface area (Å²) in [7, 11) is 0. The predicted molar refractivity (Wildman–Crippen MR) is 244 cm³/mol. The van der Waals surface area contributed by atoms with Crippen molar-refractivity contribution in [3.8, 4) is 11.1 Å². The van der Waals surface area contributed by atoms with Crippen LogP contribution in [0.15, 0.2) is 127 Å². The lowest BCUT2D eigenvalue weighted by Gasteiger charge is -2.27. The molecule has 3 heterocycles. The van der Waals surface area contributed by atoms with Gasteiger partial charge in [-0.3, -0.25) is 33.6 Å². The first-order valence-electron chi connectivity index (χ1n) is 21.3. The van der Waals surface area contributed by atoms with Gasteiger partial charge in [0.05, 0.1) is 0 Å². The minimum Gasteiger partial charge on any atom is -0.481 e. The van der Waals surface area contributed by atoms with Gasteiger partial charge in [0.15, 0.2) is 0 Å². The van der Waals surface area contributed by atoms with Crippen LogP contribution in [0.4, 0.5) is 5.69 Å². The smallest absolute Gasteiger partial charge is 0.303 e. The summed E-state index contributed by atoms with van der Waals surface area (Å²) in [4.78, 5) is 95.3. The second kappa shape index (κ2) is 23.4. The number of carbonyl (C=O) groups is 7. The third-order valence-electron chi connectivity index (χ3n) is 10.7. The van der Waals surface area contributed by atoms with Gasteiger partial charge in [0.2, 0.25) is 35.4 Å². The van der Waals surface area contributed by atoms with Gasteiger partial charge in [-0.15, -0.1) is 11.3 Å². The van der Waals surface area contributed by atoms with Gasteiger partial charge >= 0.3 is 5.97 Å². The number of rotatable bonds is 13. The van der Waals surface area contributed by atoms with E-state index in [2.05, 4.69) is 31.9 Å². The molecular formula is C49H52N6O8S. The number of anilines is 1. The SMILES string of the molecule is O=C(O)CCCNC(=O)[C@@H]1Cc2ccc(cc2)NC(=O)CCC(=O)N[C@H](Cc2cccs2)C(=O)N[C@@H](Cc2ccc(-c3ccccc3)cc2)C(=O)N[C@H](CCc2ccccc2)C(=O)N1. The Hall–Kier alpha value is -7.13. The van der Waals surface area contributed by atoms with Gasteiger partial charge in [-0.05, 0) is 70.7 Å². The van der Waals surface area contributed by atoms with E-state index >= 15 is 0 Å². The number of nitrogens with one attached hydrogen (secondary N) is 6. The molecule has 6 amide bonds. The van der Waals surface area contributed by atoms with Gasteiger partial charge < -0.3 is 37.0 Å². The molecule has 1 aromatic heterocycles. The molecule has 2 bridgehead atoms. The monoisotopic (exact) mass is 884 g/mol. The van der Waals surface area contributed by atoms with Crippen LogP contribution in [-0.4, -0.2) is 77.2 Å². The van der Waals surface area contributed by atoms with E-state index in [0.29, 0.717) is 23.2 Å². The zero-order valence-corrected chi connectivity index (χ0v) is 36.0. The van der Waals surface area contributed by atoms with E-state index in [4.69, 9.17) is 5.11 Å². The van der Waals surface area contributed by atoms with Crippen LogP contribution >= 0.6 is 11.3 Å². The van der Waals surface area contributed by atoms with E-state index in [0.717, 1.165) is 21.6 Å². The maximum atomic E-state index is 14.6. The summed E-state index contributed by atoms with van der Waals surface area (Å²) in [6, 6.07) is 32.4. The van der Waals surface area contributed by atoms with Crippen LogP contribution in [-0.2, 0) is 59.2 Å². The van der Waals surface area contributed by atoms with Gasteiger partial charge in [-0.2, -0.15) is 0 Å². The number of carbonyl (C=O) groups excluding carboxylic acids is 6. The summed E-state index contributed by atoms with van der Waals surface area (Å²) in [5.41, 5.74) is 4.65. The highest BCUT2D eigenvalue weighted by atomic mass is 32.1. The van der Waals surface area contributed by atoms with Gasteiger partial charge in [-0.1, -0.05) is 103 Å². The molecule has 0 saturated heterocycles. The molecule has 64 heavy (non-hydrogen) atoms. The highest BCUT2D eigenvalue weighted by Crippen LogP contribution is 2.21. The third-order valence-corrected chi connectivity index (χ3v) is 11.6.